The third-order valence-corrected chi connectivity index (χ3v) is 5.35. The molecular formula is C23H32N3O6+. The number of benzene rings is 2. The van der Waals surface area contributed by atoms with E-state index in [1.165, 1.54) is 0 Å². The molecule has 2 unspecified atom stereocenters. The SMILES string of the molecule is Cc1ccc(O)c(C[NH+](CC[NH+](CC(=O)[O-])Cc2cc(CC[NH3+])ccc2O)CC(=O)[O-])c1. The Hall–Kier alpha value is -3.14. The molecule has 32 heavy (non-hydrogen) atoms. The normalized spacial score (nSPS) is 12.9. The molecule has 0 aliphatic carbocycles. The fraction of sp³-hybridized carbons (Fsp3) is 0.391. The van der Waals surface area contributed by atoms with Crippen LogP contribution in [0, 0.1) is 6.92 Å². The Morgan fingerprint density at radius 2 is 1.38 bits per heavy atom. The molecule has 0 saturated heterocycles. The quantitative estimate of drug-likeness (QED) is 0.208. The molecule has 0 saturated carbocycles. The molecule has 0 aromatic heterocycles. The number of aromatic hydroxyl groups is 2. The smallest absolute Gasteiger partial charge is 0.127 e. The van der Waals surface area contributed by atoms with Crippen LogP contribution in [-0.2, 0) is 29.1 Å². The van der Waals surface area contributed by atoms with Gasteiger partial charge in [0.2, 0.25) is 0 Å². The second-order valence-electron chi connectivity index (χ2n) is 8.15. The summed E-state index contributed by atoms with van der Waals surface area (Å²) < 4.78 is 0. The maximum atomic E-state index is 11.3. The number of aliphatic carboxylic acids is 2. The monoisotopic (exact) mass is 446 g/mol. The number of carboxylic acid groups (broad SMARTS) is 2. The van der Waals surface area contributed by atoms with Gasteiger partial charge in [0.05, 0.1) is 18.5 Å². The number of carbonyl (C=O) groups excluding carboxylic acids is 2. The Labute approximate surface area is 187 Å². The summed E-state index contributed by atoms with van der Waals surface area (Å²) in [5.41, 5.74) is 6.99. The summed E-state index contributed by atoms with van der Waals surface area (Å²) in [7, 11) is 0. The zero-order valence-electron chi connectivity index (χ0n) is 18.4. The molecule has 2 aromatic carbocycles. The number of aryl methyl sites for hydroxylation is 1. The maximum Gasteiger partial charge on any atom is 0.127 e. The summed E-state index contributed by atoms with van der Waals surface area (Å²) in [5, 5.41) is 42.9. The van der Waals surface area contributed by atoms with Gasteiger partial charge in [0.15, 0.2) is 0 Å². The fourth-order valence-electron chi connectivity index (χ4n) is 3.77. The Balaban J connectivity index is 2.15. The summed E-state index contributed by atoms with van der Waals surface area (Å²) in [4.78, 5) is 23.8. The van der Waals surface area contributed by atoms with E-state index < -0.39 is 11.9 Å². The topological polar surface area (TPSA) is 157 Å². The molecule has 0 spiro atoms. The van der Waals surface area contributed by atoms with Gasteiger partial charge in [0.1, 0.15) is 50.8 Å². The van der Waals surface area contributed by atoms with Gasteiger partial charge in [-0.15, -0.1) is 0 Å². The summed E-state index contributed by atoms with van der Waals surface area (Å²) in [6.07, 6.45) is 0.743. The first kappa shape index (κ1) is 25.1. The lowest BCUT2D eigenvalue weighted by Gasteiger charge is -2.25. The van der Waals surface area contributed by atoms with Crippen molar-refractivity contribution in [2.24, 2.45) is 0 Å². The zero-order valence-corrected chi connectivity index (χ0v) is 18.4. The van der Waals surface area contributed by atoms with Gasteiger partial charge < -0.3 is 45.5 Å². The Bertz CT molecular complexity index is 934. The van der Waals surface area contributed by atoms with Crippen molar-refractivity contribution in [1.29, 1.82) is 0 Å². The van der Waals surface area contributed by atoms with E-state index >= 15 is 0 Å². The number of rotatable bonds is 13. The van der Waals surface area contributed by atoms with Crippen molar-refractivity contribution in [3.63, 3.8) is 0 Å². The van der Waals surface area contributed by atoms with E-state index in [2.05, 4.69) is 5.73 Å². The Morgan fingerprint density at radius 3 is 1.88 bits per heavy atom. The molecule has 9 nitrogen and oxygen atoms in total. The average molecular weight is 447 g/mol. The van der Waals surface area contributed by atoms with Crippen LogP contribution in [0.25, 0.3) is 0 Å². The van der Waals surface area contributed by atoms with Crippen LogP contribution in [0.15, 0.2) is 36.4 Å². The highest BCUT2D eigenvalue weighted by atomic mass is 16.4. The molecule has 0 aliphatic rings. The van der Waals surface area contributed by atoms with Crippen LogP contribution in [-0.4, -0.2) is 54.9 Å². The van der Waals surface area contributed by atoms with Gasteiger partial charge in [0.25, 0.3) is 0 Å². The lowest BCUT2D eigenvalue weighted by Crippen LogP contribution is -3.20. The number of phenols is 2. The van der Waals surface area contributed by atoms with Gasteiger partial charge in [-0.1, -0.05) is 17.7 Å². The van der Waals surface area contributed by atoms with E-state index in [0.717, 1.165) is 17.5 Å². The molecule has 0 heterocycles. The van der Waals surface area contributed by atoms with Crippen LogP contribution in [0.1, 0.15) is 22.3 Å². The lowest BCUT2D eigenvalue weighted by atomic mass is 10.1. The Kier molecular flexibility index (Phi) is 9.45. The average Bonchev–Trinajstić information content (AvgIpc) is 2.70. The second-order valence-corrected chi connectivity index (χ2v) is 8.15. The lowest BCUT2D eigenvalue weighted by molar-refractivity contribution is -0.965. The van der Waals surface area contributed by atoms with Crippen molar-refractivity contribution < 1.29 is 45.5 Å². The fourth-order valence-corrected chi connectivity index (χ4v) is 3.77. The highest BCUT2D eigenvalue weighted by Gasteiger charge is 2.19. The van der Waals surface area contributed by atoms with Crippen molar-refractivity contribution in [2.75, 3.05) is 32.7 Å². The predicted molar refractivity (Wildman–Crippen MR) is 111 cm³/mol. The van der Waals surface area contributed by atoms with Gasteiger partial charge in [0, 0.05) is 17.5 Å². The highest BCUT2D eigenvalue weighted by Crippen LogP contribution is 2.18. The number of carboxylic acids is 2. The molecule has 2 atom stereocenters. The van der Waals surface area contributed by atoms with Gasteiger partial charge in [-0.2, -0.15) is 0 Å². The van der Waals surface area contributed by atoms with Crippen LogP contribution < -0.4 is 25.7 Å². The van der Waals surface area contributed by atoms with Crippen molar-refractivity contribution in [2.45, 2.75) is 26.4 Å². The van der Waals surface area contributed by atoms with E-state index in [1.807, 2.05) is 19.1 Å². The van der Waals surface area contributed by atoms with Crippen molar-refractivity contribution in [1.82, 2.24) is 0 Å². The standard InChI is InChI=1S/C23H31N3O6/c1-16-2-4-20(27)18(10-16)12-25(14-22(29)30)8-9-26(15-23(31)32)13-19-11-17(6-7-24)3-5-21(19)28/h2-5,10-11,27-28H,6-9,12-15,24H2,1H3,(H,29,30)(H,31,32)/p+1. The highest BCUT2D eigenvalue weighted by molar-refractivity contribution is 5.65. The van der Waals surface area contributed by atoms with Crippen LogP contribution in [0.3, 0.4) is 0 Å². The second kappa shape index (κ2) is 12.0. The van der Waals surface area contributed by atoms with Gasteiger partial charge in [-0.05, 0) is 36.8 Å². The van der Waals surface area contributed by atoms with Crippen molar-refractivity contribution >= 4 is 11.9 Å². The van der Waals surface area contributed by atoms with Crippen LogP contribution in [0.4, 0.5) is 0 Å². The Morgan fingerprint density at radius 1 is 0.875 bits per heavy atom. The molecule has 2 rings (SSSR count). The number of quaternary nitrogens is 3. The third kappa shape index (κ3) is 8.18. The van der Waals surface area contributed by atoms with Gasteiger partial charge in [-0.25, -0.2) is 0 Å². The van der Waals surface area contributed by atoms with E-state index in [1.54, 1.807) is 24.3 Å². The maximum absolute atomic E-state index is 11.3. The zero-order chi connectivity index (χ0) is 23.7. The first-order valence-corrected chi connectivity index (χ1v) is 10.6. The largest absolute Gasteiger partial charge is 0.544 e. The van der Waals surface area contributed by atoms with E-state index in [9.17, 15) is 30.0 Å². The summed E-state index contributed by atoms with van der Waals surface area (Å²) in [6, 6.07) is 10.4. The molecule has 0 aliphatic heterocycles. The molecule has 0 bridgehead atoms. The van der Waals surface area contributed by atoms with Gasteiger partial charge in [-0.3, -0.25) is 0 Å². The molecule has 174 valence electrons. The predicted octanol–water partition coefficient (Wildman–Crippen LogP) is -4.84. The number of phenolic OH excluding ortho intramolecular Hbond substituents is 2. The molecule has 0 amide bonds. The first-order valence-electron chi connectivity index (χ1n) is 10.6. The van der Waals surface area contributed by atoms with Crippen molar-refractivity contribution in [3.8, 4) is 11.5 Å². The number of hydrogen-bond acceptors (Lipinski definition) is 6. The first-order chi connectivity index (χ1) is 15.2. The van der Waals surface area contributed by atoms with E-state index in [-0.39, 0.29) is 37.7 Å². The number of hydrogen-bond donors (Lipinski definition) is 5. The minimum Gasteiger partial charge on any atom is -0.544 e. The summed E-state index contributed by atoms with van der Waals surface area (Å²) in [6.45, 7) is 3.16. The molecular weight excluding hydrogens is 414 g/mol. The molecule has 7 N–H and O–H groups in total. The molecule has 0 fully saturated rings. The summed E-state index contributed by atoms with van der Waals surface area (Å²) >= 11 is 0. The van der Waals surface area contributed by atoms with Crippen LogP contribution in [0.5, 0.6) is 11.5 Å². The number of carbonyl (C=O) groups is 2. The molecule has 2 aromatic rings. The number of nitrogens with one attached hydrogen (secondary N) is 2. The van der Waals surface area contributed by atoms with Crippen LogP contribution >= 0.6 is 0 Å². The van der Waals surface area contributed by atoms with Crippen molar-refractivity contribution in [3.05, 3.63) is 58.7 Å². The molecule has 0 radical (unpaired) electrons. The summed E-state index contributed by atoms with van der Waals surface area (Å²) in [5.74, 6) is -2.30. The van der Waals surface area contributed by atoms with E-state index in [4.69, 9.17) is 0 Å². The third-order valence-electron chi connectivity index (χ3n) is 5.35. The minimum absolute atomic E-state index is 0.0808. The minimum atomic E-state index is -1.23. The van der Waals surface area contributed by atoms with Crippen LogP contribution in [0.2, 0.25) is 0 Å². The van der Waals surface area contributed by atoms with E-state index in [0.29, 0.717) is 40.6 Å². The molecule has 9 heteroatoms. The van der Waals surface area contributed by atoms with Gasteiger partial charge >= 0.3 is 0 Å².